The normalized spacial score (nSPS) is 11.6. The van der Waals surface area contributed by atoms with Crippen LogP contribution in [0.2, 0.25) is 0 Å². The Balaban J connectivity index is 2.28. The van der Waals surface area contributed by atoms with Crippen molar-refractivity contribution in [2.24, 2.45) is 0 Å². The van der Waals surface area contributed by atoms with Crippen LogP contribution in [0, 0.1) is 0 Å². The molecule has 18 heavy (non-hydrogen) atoms. The first kappa shape index (κ1) is 15.2. The van der Waals surface area contributed by atoms with Gasteiger partial charge in [-0.15, -0.1) is 11.3 Å². The molecule has 102 valence electrons. The van der Waals surface area contributed by atoms with E-state index >= 15 is 0 Å². The van der Waals surface area contributed by atoms with E-state index in [0.717, 1.165) is 13.1 Å². The maximum atomic E-state index is 11.2. The molecule has 0 spiro atoms. The van der Waals surface area contributed by atoms with E-state index < -0.39 is 0 Å². The van der Waals surface area contributed by atoms with Crippen LogP contribution in [0.15, 0.2) is 12.1 Å². The minimum atomic E-state index is 0.117. The van der Waals surface area contributed by atoms with Crippen LogP contribution < -0.4 is 10.6 Å². The molecule has 1 rings (SSSR count). The van der Waals surface area contributed by atoms with Gasteiger partial charge in [-0.1, -0.05) is 20.8 Å². The van der Waals surface area contributed by atoms with Gasteiger partial charge in [0.2, 0.25) is 5.91 Å². The third-order valence-corrected chi connectivity index (χ3v) is 4.11. The second-order valence-electron chi connectivity index (χ2n) is 5.40. The van der Waals surface area contributed by atoms with Gasteiger partial charge in [0, 0.05) is 35.8 Å². The summed E-state index contributed by atoms with van der Waals surface area (Å²) in [5, 5.41) is 6.10. The van der Waals surface area contributed by atoms with Gasteiger partial charge in [-0.25, -0.2) is 0 Å². The summed E-state index contributed by atoms with van der Waals surface area (Å²) in [6, 6.07) is 4.37. The molecule has 0 atom stereocenters. The van der Waals surface area contributed by atoms with E-state index in [9.17, 15) is 4.79 Å². The smallest absolute Gasteiger partial charge is 0.221 e. The Kier molecular flexibility index (Phi) is 5.82. The second kappa shape index (κ2) is 6.90. The molecule has 0 saturated heterocycles. The lowest BCUT2D eigenvalue weighted by molar-refractivity contribution is -0.120. The van der Waals surface area contributed by atoms with Crippen LogP contribution >= 0.6 is 11.3 Å². The molecule has 1 aromatic rings. The quantitative estimate of drug-likeness (QED) is 0.779. The molecule has 0 radical (unpaired) electrons. The van der Waals surface area contributed by atoms with Crippen molar-refractivity contribution in [3.8, 4) is 0 Å². The summed E-state index contributed by atoms with van der Waals surface area (Å²) in [5.74, 6) is 0.117. The number of nitrogens with one attached hydrogen (secondary N) is 2. The highest BCUT2D eigenvalue weighted by Gasteiger charge is 2.15. The summed E-state index contributed by atoms with van der Waals surface area (Å²) >= 11 is 1.85. The van der Waals surface area contributed by atoms with Crippen LogP contribution in [0.25, 0.3) is 0 Å². The van der Waals surface area contributed by atoms with E-state index in [2.05, 4.69) is 43.5 Å². The molecule has 0 fully saturated rings. The average Bonchev–Trinajstić information content (AvgIpc) is 2.73. The van der Waals surface area contributed by atoms with Crippen molar-refractivity contribution in [1.29, 1.82) is 0 Å². The van der Waals surface area contributed by atoms with Crippen molar-refractivity contribution in [1.82, 2.24) is 10.6 Å². The zero-order valence-electron chi connectivity index (χ0n) is 11.8. The van der Waals surface area contributed by atoms with E-state index in [1.54, 1.807) is 0 Å². The zero-order valence-corrected chi connectivity index (χ0v) is 12.6. The lowest BCUT2D eigenvalue weighted by Crippen LogP contribution is -2.27. The molecule has 1 heterocycles. The Labute approximate surface area is 114 Å². The van der Waals surface area contributed by atoms with Gasteiger partial charge < -0.3 is 10.6 Å². The molecular weight excluding hydrogens is 244 g/mol. The number of hydrogen-bond donors (Lipinski definition) is 2. The number of rotatable bonds is 6. The molecule has 4 heteroatoms. The SMILES string of the molecule is CCNC(=O)CCNCc1ccc(C(C)(C)C)s1. The zero-order chi connectivity index (χ0) is 13.6. The van der Waals surface area contributed by atoms with Crippen molar-refractivity contribution >= 4 is 17.2 Å². The third-order valence-electron chi connectivity index (χ3n) is 2.60. The van der Waals surface area contributed by atoms with Crippen LogP contribution in [-0.4, -0.2) is 19.0 Å². The van der Waals surface area contributed by atoms with E-state index in [1.807, 2.05) is 18.3 Å². The fourth-order valence-electron chi connectivity index (χ4n) is 1.58. The number of amides is 1. The molecule has 1 amide bonds. The lowest BCUT2D eigenvalue weighted by atomic mass is 9.95. The van der Waals surface area contributed by atoms with Gasteiger partial charge in [0.25, 0.3) is 0 Å². The van der Waals surface area contributed by atoms with Crippen LogP contribution in [0.5, 0.6) is 0 Å². The van der Waals surface area contributed by atoms with Gasteiger partial charge in [0.05, 0.1) is 0 Å². The van der Waals surface area contributed by atoms with Gasteiger partial charge >= 0.3 is 0 Å². The van der Waals surface area contributed by atoms with Crippen LogP contribution in [0.3, 0.4) is 0 Å². The summed E-state index contributed by atoms with van der Waals surface area (Å²) in [6.45, 7) is 10.9. The van der Waals surface area contributed by atoms with E-state index in [-0.39, 0.29) is 11.3 Å². The first-order valence-electron chi connectivity index (χ1n) is 6.50. The fraction of sp³-hybridized carbons (Fsp3) is 0.643. The first-order valence-corrected chi connectivity index (χ1v) is 7.31. The van der Waals surface area contributed by atoms with Crippen molar-refractivity contribution < 1.29 is 4.79 Å². The Morgan fingerprint density at radius 3 is 2.61 bits per heavy atom. The molecule has 0 aliphatic carbocycles. The lowest BCUT2D eigenvalue weighted by Gasteiger charge is -2.15. The summed E-state index contributed by atoms with van der Waals surface area (Å²) in [7, 11) is 0. The standard InChI is InChI=1S/C14H24N2OS/c1-5-16-13(17)8-9-15-10-11-6-7-12(18-11)14(2,3)4/h6-7,15H,5,8-10H2,1-4H3,(H,16,17). The Bertz CT molecular complexity index is 379. The third kappa shape index (κ3) is 5.19. The highest BCUT2D eigenvalue weighted by molar-refractivity contribution is 7.12. The van der Waals surface area contributed by atoms with E-state index in [1.165, 1.54) is 9.75 Å². The largest absolute Gasteiger partial charge is 0.356 e. The maximum absolute atomic E-state index is 11.2. The summed E-state index contributed by atoms with van der Waals surface area (Å²) in [4.78, 5) is 14.0. The van der Waals surface area contributed by atoms with Gasteiger partial charge in [-0.2, -0.15) is 0 Å². The van der Waals surface area contributed by atoms with Crippen LogP contribution in [-0.2, 0) is 16.8 Å². The van der Waals surface area contributed by atoms with Crippen LogP contribution in [0.4, 0.5) is 0 Å². The Morgan fingerprint density at radius 1 is 1.33 bits per heavy atom. The average molecular weight is 268 g/mol. The topological polar surface area (TPSA) is 41.1 Å². The predicted octanol–water partition coefficient (Wildman–Crippen LogP) is 2.66. The van der Waals surface area contributed by atoms with Gasteiger partial charge in [-0.3, -0.25) is 4.79 Å². The van der Waals surface area contributed by atoms with Gasteiger partial charge in [0.15, 0.2) is 0 Å². The second-order valence-corrected chi connectivity index (χ2v) is 6.56. The number of hydrogen-bond acceptors (Lipinski definition) is 3. The van der Waals surface area contributed by atoms with Crippen molar-refractivity contribution in [2.45, 2.75) is 46.1 Å². The monoisotopic (exact) mass is 268 g/mol. The molecule has 0 aliphatic rings. The summed E-state index contributed by atoms with van der Waals surface area (Å²) in [6.07, 6.45) is 0.547. The molecule has 0 unspecified atom stereocenters. The molecule has 0 aromatic carbocycles. The minimum Gasteiger partial charge on any atom is -0.356 e. The van der Waals surface area contributed by atoms with E-state index in [0.29, 0.717) is 13.0 Å². The molecular formula is C14H24N2OS. The molecule has 2 N–H and O–H groups in total. The number of carbonyl (C=O) groups is 1. The van der Waals surface area contributed by atoms with Crippen LogP contribution in [0.1, 0.15) is 43.9 Å². The Morgan fingerprint density at radius 2 is 2.06 bits per heavy atom. The highest BCUT2D eigenvalue weighted by atomic mass is 32.1. The minimum absolute atomic E-state index is 0.117. The van der Waals surface area contributed by atoms with Crippen molar-refractivity contribution in [3.63, 3.8) is 0 Å². The molecule has 0 bridgehead atoms. The van der Waals surface area contributed by atoms with E-state index in [4.69, 9.17) is 0 Å². The van der Waals surface area contributed by atoms with Crippen molar-refractivity contribution in [2.75, 3.05) is 13.1 Å². The molecule has 3 nitrogen and oxygen atoms in total. The first-order chi connectivity index (χ1) is 8.43. The number of carbonyl (C=O) groups excluding carboxylic acids is 1. The molecule has 0 aliphatic heterocycles. The summed E-state index contributed by atoms with van der Waals surface area (Å²) < 4.78 is 0. The fourth-order valence-corrected chi connectivity index (χ4v) is 2.61. The van der Waals surface area contributed by atoms with Gasteiger partial charge in [-0.05, 0) is 24.5 Å². The Hall–Kier alpha value is -0.870. The van der Waals surface area contributed by atoms with Gasteiger partial charge in [0.1, 0.15) is 0 Å². The maximum Gasteiger partial charge on any atom is 0.221 e. The number of thiophene rings is 1. The summed E-state index contributed by atoms with van der Waals surface area (Å²) in [5.41, 5.74) is 0.226. The van der Waals surface area contributed by atoms with Crippen molar-refractivity contribution in [3.05, 3.63) is 21.9 Å². The highest BCUT2D eigenvalue weighted by Crippen LogP contribution is 2.29. The molecule has 1 aromatic heterocycles. The predicted molar refractivity (Wildman–Crippen MR) is 78.0 cm³/mol. The molecule has 0 saturated carbocycles.